The van der Waals surface area contributed by atoms with Gasteiger partial charge in [0.1, 0.15) is 11.4 Å². The predicted molar refractivity (Wildman–Crippen MR) is 149 cm³/mol. The number of hydrogen-bond donors (Lipinski definition) is 2. The topological polar surface area (TPSA) is 140 Å². The number of halogens is 2. The molecule has 0 aliphatic carbocycles. The molecule has 4 aromatic rings. The summed E-state index contributed by atoms with van der Waals surface area (Å²) in [6.07, 6.45) is 0.312. The fourth-order valence-electron chi connectivity index (χ4n) is 3.88. The molecule has 4 aromatic carbocycles. The van der Waals surface area contributed by atoms with Crippen LogP contribution in [0.3, 0.4) is 0 Å². The second kappa shape index (κ2) is 13.3. The second-order valence-electron chi connectivity index (χ2n) is 8.29. The van der Waals surface area contributed by atoms with Gasteiger partial charge in [0.2, 0.25) is 0 Å². The zero-order valence-corrected chi connectivity index (χ0v) is 26.1. The molecule has 202 valence electrons. The van der Waals surface area contributed by atoms with Crippen LogP contribution in [0.5, 0.6) is 11.5 Å². The number of aryl methyl sites for hydroxylation is 1. The first-order valence-electron chi connectivity index (χ1n) is 11.7. The van der Waals surface area contributed by atoms with Gasteiger partial charge in [0.15, 0.2) is 0 Å². The Labute approximate surface area is 263 Å². The van der Waals surface area contributed by atoms with Gasteiger partial charge in [0.05, 0.1) is 32.9 Å². The Morgan fingerprint density at radius 1 is 1.00 bits per heavy atom. The van der Waals surface area contributed by atoms with Crippen LogP contribution in [-0.4, -0.2) is 25.5 Å². The molecule has 0 atom stereocenters. The maximum absolute atomic E-state index is 13.5. The van der Waals surface area contributed by atoms with E-state index in [1.807, 2.05) is 6.92 Å². The van der Waals surface area contributed by atoms with Gasteiger partial charge in [-0.2, -0.15) is 13.5 Å². The van der Waals surface area contributed by atoms with E-state index in [-0.39, 0.29) is 67.1 Å². The van der Waals surface area contributed by atoms with Crippen LogP contribution in [0, 0.1) is 0 Å². The zero-order chi connectivity index (χ0) is 28.3. The van der Waals surface area contributed by atoms with Gasteiger partial charge in [0, 0.05) is 17.0 Å². The van der Waals surface area contributed by atoms with Gasteiger partial charge in [-0.15, -0.1) is 5.11 Å². The Bertz CT molecular complexity index is 1730. The van der Waals surface area contributed by atoms with Gasteiger partial charge in [-0.3, -0.25) is 9.35 Å². The standard InChI is InChI=1S/C27H23Cl2N3O6S.Na/c1-3-15-11-18(39(35,36)37)14-22(29)24(15)31-32-25-19-8-6-5-7-16(19)12-20(26(25)33)27(34)30-23-13-17(38-4-2)9-10-21(23)28;/h5-14,33H,3-4H2,1-2H3,(H,30,34)(H,35,36,37);/q;+1/p-1. The first-order valence-corrected chi connectivity index (χ1v) is 13.9. The van der Waals surface area contributed by atoms with Crippen molar-refractivity contribution in [2.75, 3.05) is 11.9 Å². The number of azo groups is 1. The Balaban J connectivity index is 0.00000441. The van der Waals surface area contributed by atoms with Crippen molar-refractivity contribution in [3.63, 3.8) is 0 Å². The van der Waals surface area contributed by atoms with E-state index in [4.69, 9.17) is 27.9 Å². The van der Waals surface area contributed by atoms with E-state index in [1.54, 1.807) is 49.4 Å². The second-order valence-corrected chi connectivity index (χ2v) is 10.5. The van der Waals surface area contributed by atoms with Crippen LogP contribution < -0.4 is 44.7 Å². The molecule has 0 saturated carbocycles. The van der Waals surface area contributed by atoms with Gasteiger partial charge in [-0.05, 0) is 54.6 Å². The van der Waals surface area contributed by atoms with E-state index in [9.17, 15) is 22.9 Å². The molecule has 13 heteroatoms. The average molecular weight is 610 g/mol. The molecule has 0 aromatic heterocycles. The molecule has 1 amide bonds. The molecule has 0 unspecified atom stereocenters. The molecule has 0 spiro atoms. The van der Waals surface area contributed by atoms with Gasteiger partial charge in [-0.25, -0.2) is 0 Å². The van der Waals surface area contributed by atoms with Crippen LogP contribution in [0.15, 0.2) is 75.8 Å². The fraction of sp³-hybridized carbons (Fsp3) is 0.148. The maximum atomic E-state index is 13.5. The molecular formula is C27H22Cl2N3NaO6S. The minimum absolute atomic E-state index is 0. The van der Waals surface area contributed by atoms with Crippen LogP contribution in [-0.2, 0) is 16.5 Å². The Morgan fingerprint density at radius 3 is 2.38 bits per heavy atom. The summed E-state index contributed by atoms with van der Waals surface area (Å²) >= 11 is 12.5. The van der Waals surface area contributed by atoms with E-state index >= 15 is 0 Å². The van der Waals surface area contributed by atoms with Crippen molar-refractivity contribution >= 4 is 67.1 Å². The molecule has 40 heavy (non-hydrogen) atoms. The number of nitrogens with zero attached hydrogens (tertiary/aromatic N) is 2. The van der Waals surface area contributed by atoms with Gasteiger partial charge in [-0.1, -0.05) is 60.1 Å². The van der Waals surface area contributed by atoms with Crippen LogP contribution in [0.25, 0.3) is 10.8 Å². The van der Waals surface area contributed by atoms with E-state index < -0.39 is 21.8 Å². The quantitative estimate of drug-likeness (QED) is 0.175. The number of amides is 1. The van der Waals surface area contributed by atoms with E-state index in [0.717, 1.165) is 6.07 Å². The van der Waals surface area contributed by atoms with Gasteiger partial charge in [0.25, 0.3) is 16.0 Å². The molecule has 0 aliphatic rings. The van der Waals surface area contributed by atoms with Gasteiger partial charge < -0.3 is 15.2 Å². The number of carbonyl (C=O) groups is 1. The summed E-state index contributed by atoms with van der Waals surface area (Å²) in [6.45, 7) is 3.98. The third kappa shape index (κ3) is 6.95. The van der Waals surface area contributed by atoms with Crippen molar-refractivity contribution in [2.24, 2.45) is 10.2 Å². The number of anilines is 1. The monoisotopic (exact) mass is 609 g/mol. The number of ether oxygens (including phenoxy) is 1. The summed E-state index contributed by atoms with van der Waals surface area (Å²) in [5.41, 5.74) is 0.480. The molecule has 4 rings (SSSR count). The van der Waals surface area contributed by atoms with E-state index in [1.165, 1.54) is 12.1 Å². The smallest absolute Gasteiger partial charge is 0.870 e. The molecular weight excluding hydrogens is 588 g/mol. The molecule has 9 nitrogen and oxygen atoms in total. The van der Waals surface area contributed by atoms with Crippen LogP contribution in [0.2, 0.25) is 10.0 Å². The minimum atomic E-state index is -4.50. The molecule has 0 aliphatic heterocycles. The largest absolute Gasteiger partial charge is 1.00 e. The molecule has 0 saturated heterocycles. The fourth-order valence-corrected chi connectivity index (χ4v) is 4.95. The summed E-state index contributed by atoms with van der Waals surface area (Å²) in [7, 11) is -4.50. The number of carbonyl (C=O) groups excluding carboxylic acids is 1. The number of benzene rings is 4. The molecule has 2 N–H and O–H groups in total. The molecule has 0 heterocycles. The summed E-state index contributed by atoms with van der Waals surface area (Å²) in [4.78, 5) is 12.8. The number of nitrogens with one attached hydrogen (secondary N) is 1. The predicted octanol–water partition coefficient (Wildman–Crippen LogP) is 4.10. The Morgan fingerprint density at radius 2 is 1.70 bits per heavy atom. The van der Waals surface area contributed by atoms with E-state index in [0.29, 0.717) is 35.1 Å². The number of rotatable bonds is 8. The Hall–Kier alpha value is -2.70. The average Bonchev–Trinajstić information content (AvgIpc) is 2.89. The Kier molecular flexibility index (Phi) is 10.6. The zero-order valence-electron chi connectivity index (χ0n) is 21.7. The van der Waals surface area contributed by atoms with Crippen molar-refractivity contribution in [1.29, 1.82) is 0 Å². The summed E-state index contributed by atoms with van der Waals surface area (Å²) in [5, 5.41) is 25.7. The van der Waals surface area contributed by atoms with E-state index in [2.05, 4.69) is 15.5 Å². The first kappa shape index (κ1) is 31.8. The SMILES string of the molecule is CCOc1ccc(Cl)c(NC(=O)c2cc3ccccc3c(N=Nc3c(Cl)cc(S(=O)(=O)O)cc3CC)c2[O-])c1.[Na+]. The van der Waals surface area contributed by atoms with Crippen LogP contribution >= 0.6 is 23.2 Å². The van der Waals surface area contributed by atoms with Crippen molar-refractivity contribution in [2.45, 2.75) is 25.2 Å². The number of fused-ring (bicyclic) bond motifs is 1. The van der Waals surface area contributed by atoms with Crippen molar-refractivity contribution in [1.82, 2.24) is 0 Å². The van der Waals surface area contributed by atoms with Crippen molar-refractivity contribution in [3.8, 4) is 11.5 Å². The molecule has 0 bridgehead atoms. The minimum Gasteiger partial charge on any atom is -0.870 e. The van der Waals surface area contributed by atoms with Crippen molar-refractivity contribution < 1.29 is 57.2 Å². The van der Waals surface area contributed by atoms with Gasteiger partial charge >= 0.3 is 29.6 Å². The molecule has 0 radical (unpaired) electrons. The van der Waals surface area contributed by atoms with Crippen LogP contribution in [0.4, 0.5) is 17.1 Å². The number of hydrogen-bond acceptors (Lipinski definition) is 7. The first-order chi connectivity index (χ1) is 18.5. The van der Waals surface area contributed by atoms with Crippen LogP contribution in [0.1, 0.15) is 29.8 Å². The van der Waals surface area contributed by atoms with Crippen molar-refractivity contribution in [3.05, 3.63) is 81.8 Å². The third-order valence-corrected chi connectivity index (χ3v) is 7.21. The summed E-state index contributed by atoms with van der Waals surface area (Å²) in [5.74, 6) is -0.894. The summed E-state index contributed by atoms with van der Waals surface area (Å²) < 4.78 is 38.0. The molecule has 0 fully saturated rings. The third-order valence-electron chi connectivity index (χ3n) is 5.76. The summed E-state index contributed by atoms with van der Waals surface area (Å²) in [6, 6.07) is 15.4. The maximum Gasteiger partial charge on any atom is 1.00 e. The normalized spacial score (nSPS) is 11.4.